The predicted molar refractivity (Wildman–Crippen MR) is 125 cm³/mol. The van der Waals surface area contributed by atoms with Gasteiger partial charge in [0.1, 0.15) is 6.54 Å². The van der Waals surface area contributed by atoms with Crippen molar-refractivity contribution in [3.05, 3.63) is 82.4 Å². The van der Waals surface area contributed by atoms with Crippen molar-refractivity contribution in [1.82, 2.24) is 10.0 Å². The first-order valence-corrected chi connectivity index (χ1v) is 12.0. The normalized spacial score (nSPS) is 30.2. The molecule has 1 heterocycles. The Morgan fingerprint density at radius 1 is 0.941 bits per heavy atom. The van der Waals surface area contributed by atoms with E-state index in [1.807, 2.05) is 19.1 Å². The van der Waals surface area contributed by atoms with Crippen molar-refractivity contribution in [3.63, 3.8) is 0 Å². The van der Waals surface area contributed by atoms with Crippen LogP contribution in [0.4, 0.5) is 0 Å². The van der Waals surface area contributed by atoms with Gasteiger partial charge < -0.3 is 0 Å². The Hall–Kier alpha value is -3.25. The summed E-state index contributed by atoms with van der Waals surface area (Å²) in [5.74, 6) is -1.81. The number of ketones is 1. The van der Waals surface area contributed by atoms with E-state index in [0.717, 1.165) is 22.0 Å². The number of benzene rings is 2. The third-order valence-electron chi connectivity index (χ3n) is 7.89. The fraction of sp³-hybridized carbons (Fsp3) is 0.333. The van der Waals surface area contributed by atoms with Crippen molar-refractivity contribution in [2.75, 3.05) is 6.54 Å². The molecule has 0 unspecified atom stereocenters. The first kappa shape index (κ1) is 21.3. The van der Waals surface area contributed by atoms with Crippen molar-refractivity contribution in [2.45, 2.75) is 13.3 Å². The van der Waals surface area contributed by atoms with Gasteiger partial charge in [0, 0.05) is 5.56 Å². The van der Waals surface area contributed by atoms with Crippen LogP contribution >= 0.6 is 11.6 Å². The Bertz CT molecular complexity index is 1230. The van der Waals surface area contributed by atoms with E-state index in [9.17, 15) is 19.2 Å². The molecule has 6 atom stereocenters. The number of carbonyl (C=O) groups is 4. The molecule has 0 aromatic heterocycles. The number of hydrogen-bond acceptors (Lipinski definition) is 4. The third kappa shape index (κ3) is 3.08. The first-order valence-electron chi connectivity index (χ1n) is 11.6. The van der Waals surface area contributed by atoms with Crippen LogP contribution in [0.1, 0.15) is 32.7 Å². The number of nitrogens with zero attached hydrogens (tertiary/aromatic N) is 2. The molecule has 2 aromatic carbocycles. The molecule has 0 radical (unpaired) electrons. The molecule has 5 aliphatic rings. The molecule has 2 aromatic rings. The van der Waals surface area contributed by atoms with Crippen LogP contribution in [0.3, 0.4) is 0 Å². The van der Waals surface area contributed by atoms with Crippen LogP contribution in [0, 0.1) is 42.4 Å². The van der Waals surface area contributed by atoms with Crippen molar-refractivity contribution in [2.24, 2.45) is 35.5 Å². The molecule has 7 rings (SSSR count). The summed E-state index contributed by atoms with van der Waals surface area (Å²) in [5, 5.41) is 2.15. The van der Waals surface area contributed by atoms with E-state index >= 15 is 0 Å². The predicted octanol–water partition coefficient (Wildman–Crippen LogP) is 3.94. The summed E-state index contributed by atoms with van der Waals surface area (Å²) in [7, 11) is 0. The van der Waals surface area contributed by atoms with E-state index < -0.39 is 36.1 Å². The zero-order valence-electron chi connectivity index (χ0n) is 18.6. The van der Waals surface area contributed by atoms with Crippen LogP contribution in [0.2, 0.25) is 5.02 Å². The molecule has 0 N–H and O–H groups in total. The Morgan fingerprint density at radius 3 is 2.12 bits per heavy atom. The second-order valence-corrected chi connectivity index (χ2v) is 10.2. The molecule has 2 saturated carbocycles. The topological polar surface area (TPSA) is 74.8 Å². The van der Waals surface area contributed by atoms with Crippen molar-refractivity contribution in [3.8, 4) is 0 Å². The molecular weight excluding hydrogens is 452 g/mol. The Kier molecular flexibility index (Phi) is 4.78. The highest BCUT2D eigenvalue weighted by atomic mass is 35.5. The maximum atomic E-state index is 13.7. The molecule has 4 aliphatic carbocycles. The number of halogens is 1. The monoisotopic (exact) mass is 474 g/mol. The lowest BCUT2D eigenvalue weighted by atomic mass is 9.63. The molecule has 0 spiro atoms. The largest absolute Gasteiger partial charge is 0.292 e. The zero-order chi connectivity index (χ0) is 23.7. The van der Waals surface area contributed by atoms with Gasteiger partial charge in [-0.3, -0.25) is 19.2 Å². The second-order valence-electron chi connectivity index (χ2n) is 9.77. The molecule has 2 bridgehead atoms. The summed E-state index contributed by atoms with van der Waals surface area (Å²) < 4.78 is 0. The number of rotatable bonds is 5. The number of Topliss-reactive ketones (excluding diaryl/α,β-unsaturated/α-hetero) is 1. The van der Waals surface area contributed by atoms with Gasteiger partial charge in [0.2, 0.25) is 0 Å². The molecule has 7 heteroatoms. The number of amides is 3. The quantitative estimate of drug-likeness (QED) is 0.373. The molecule has 1 saturated heterocycles. The van der Waals surface area contributed by atoms with Crippen LogP contribution in [0.5, 0.6) is 0 Å². The van der Waals surface area contributed by atoms with Crippen LogP contribution in [0.25, 0.3) is 0 Å². The fourth-order valence-corrected chi connectivity index (χ4v) is 6.37. The van der Waals surface area contributed by atoms with Gasteiger partial charge in [0.15, 0.2) is 5.78 Å². The maximum Gasteiger partial charge on any atom is 0.274 e. The average molecular weight is 475 g/mol. The van der Waals surface area contributed by atoms with Crippen molar-refractivity contribution < 1.29 is 19.2 Å². The SMILES string of the molecule is Cc1ccc(C(=O)CN(C(=O)c2ccccc2Cl)N2C(=O)[C@@H]3[C@H]4C=C[C@@H]([C@@H]5C[C@@H]45)[C@@H]3C2=O)cc1. The molecule has 3 fully saturated rings. The van der Waals surface area contributed by atoms with E-state index in [4.69, 9.17) is 11.6 Å². The van der Waals surface area contributed by atoms with E-state index in [1.165, 1.54) is 6.07 Å². The van der Waals surface area contributed by atoms with Gasteiger partial charge in [-0.15, -0.1) is 0 Å². The highest BCUT2D eigenvalue weighted by Gasteiger charge is 2.68. The number of hydrogen-bond donors (Lipinski definition) is 0. The van der Waals surface area contributed by atoms with Gasteiger partial charge in [-0.2, -0.15) is 5.01 Å². The number of hydrazine groups is 1. The van der Waals surface area contributed by atoms with Crippen LogP contribution in [-0.4, -0.2) is 40.1 Å². The molecule has 172 valence electrons. The van der Waals surface area contributed by atoms with Crippen LogP contribution < -0.4 is 0 Å². The van der Waals surface area contributed by atoms with Crippen molar-refractivity contribution in [1.29, 1.82) is 0 Å². The summed E-state index contributed by atoms with van der Waals surface area (Å²) in [6.07, 6.45) is 5.20. The lowest BCUT2D eigenvalue weighted by Gasteiger charge is -2.37. The van der Waals surface area contributed by atoms with Gasteiger partial charge in [-0.1, -0.05) is 65.7 Å². The minimum atomic E-state index is -0.642. The first-order chi connectivity index (χ1) is 16.4. The standard InChI is InChI=1S/C27H23ClN2O4/c1-14-6-8-15(9-7-14)22(31)13-29(25(32)18-4-2-3-5-21(18)28)30-26(33)23-16-10-11-17(20-12-19(16)20)24(23)27(30)34/h2-11,16-17,19-20,23-24H,12-13H2,1H3/t16-,17-,19-,20-,23-,24+/m0/s1. The van der Waals surface area contributed by atoms with E-state index in [-0.39, 0.29) is 28.2 Å². The number of allylic oxidation sites excluding steroid dienone is 2. The van der Waals surface area contributed by atoms with Gasteiger partial charge in [-0.25, -0.2) is 5.01 Å². The summed E-state index contributed by atoms with van der Waals surface area (Å²) in [5.41, 5.74) is 1.54. The average Bonchev–Trinajstić information content (AvgIpc) is 3.61. The number of carbonyl (C=O) groups excluding carboxylic acids is 4. The summed E-state index contributed by atoms with van der Waals surface area (Å²) in [6.45, 7) is 1.48. The van der Waals surface area contributed by atoms with Crippen molar-refractivity contribution >= 4 is 35.1 Å². The van der Waals surface area contributed by atoms with E-state index in [1.54, 1.807) is 30.3 Å². The minimum Gasteiger partial charge on any atom is -0.292 e. The van der Waals surface area contributed by atoms with E-state index in [0.29, 0.717) is 17.4 Å². The highest BCUT2D eigenvalue weighted by Crippen LogP contribution is 2.65. The highest BCUT2D eigenvalue weighted by molar-refractivity contribution is 6.34. The molecule has 34 heavy (non-hydrogen) atoms. The molecule has 3 amide bonds. The van der Waals surface area contributed by atoms with Crippen LogP contribution in [-0.2, 0) is 9.59 Å². The molecular formula is C27H23ClN2O4. The summed E-state index contributed by atoms with van der Waals surface area (Å²) in [6, 6.07) is 13.4. The maximum absolute atomic E-state index is 13.7. The van der Waals surface area contributed by atoms with Gasteiger partial charge >= 0.3 is 0 Å². The zero-order valence-corrected chi connectivity index (χ0v) is 19.3. The Morgan fingerprint density at radius 2 is 1.53 bits per heavy atom. The van der Waals surface area contributed by atoms with Crippen LogP contribution in [0.15, 0.2) is 60.7 Å². The minimum absolute atomic E-state index is 0.0199. The third-order valence-corrected chi connectivity index (χ3v) is 8.22. The number of imide groups is 1. The van der Waals surface area contributed by atoms with Gasteiger partial charge in [0.05, 0.1) is 22.4 Å². The molecule has 1 aliphatic heterocycles. The Labute approximate surface area is 202 Å². The fourth-order valence-electron chi connectivity index (χ4n) is 6.15. The van der Waals surface area contributed by atoms with Gasteiger partial charge in [-0.05, 0) is 49.1 Å². The summed E-state index contributed by atoms with van der Waals surface area (Å²) in [4.78, 5) is 54.2. The van der Waals surface area contributed by atoms with Gasteiger partial charge in [0.25, 0.3) is 17.7 Å². The lowest BCUT2D eigenvalue weighted by molar-refractivity contribution is -0.154. The Balaban J connectivity index is 1.37. The van der Waals surface area contributed by atoms with E-state index in [2.05, 4.69) is 12.2 Å². The lowest BCUT2D eigenvalue weighted by Crippen LogP contribution is -2.52. The molecule has 6 nitrogen and oxygen atoms in total. The smallest absolute Gasteiger partial charge is 0.274 e. The number of aryl methyl sites for hydroxylation is 1. The second kappa shape index (κ2) is 7.64. The summed E-state index contributed by atoms with van der Waals surface area (Å²) >= 11 is 6.29.